The number of nitrogens with zero attached hydrogens (tertiary/aromatic N) is 2. The number of hydrogen-bond donors (Lipinski definition) is 2. The highest BCUT2D eigenvalue weighted by molar-refractivity contribution is 5.89. The zero-order chi connectivity index (χ0) is 21.9. The quantitative estimate of drug-likeness (QED) is 0.552. The molecule has 0 unspecified atom stereocenters. The molecule has 10 heteroatoms. The molecule has 2 heterocycles. The molecule has 7 nitrogen and oxygen atoms in total. The number of amides is 1. The lowest BCUT2D eigenvalue weighted by molar-refractivity contribution is -0.140. The predicted molar refractivity (Wildman–Crippen MR) is 102 cm³/mol. The van der Waals surface area contributed by atoms with Crippen LogP contribution in [-0.4, -0.2) is 49.4 Å². The number of pyridine rings is 1. The number of rotatable bonds is 6. The number of nitrogens with one attached hydrogen (secondary N) is 2. The third kappa shape index (κ3) is 4.01. The van der Waals surface area contributed by atoms with Gasteiger partial charge in [-0.05, 0) is 31.7 Å². The minimum atomic E-state index is -1.25. The van der Waals surface area contributed by atoms with Crippen LogP contribution in [0.15, 0.2) is 30.5 Å². The molecule has 1 fully saturated rings. The van der Waals surface area contributed by atoms with Gasteiger partial charge in [-0.1, -0.05) is 0 Å². The number of carbonyl (C=O) groups is 1. The van der Waals surface area contributed by atoms with Crippen LogP contribution in [0.1, 0.15) is 12.0 Å². The normalized spacial score (nSPS) is 21.2. The Labute approximate surface area is 171 Å². The van der Waals surface area contributed by atoms with E-state index in [2.05, 4.69) is 10.3 Å². The van der Waals surface area contributed by atoms with Crippen LogP contribution in [0, 0.1) is 28.8 Å². The van der Waals surface area contributed by atoms with Gasteiger partial charge in [-0.3, -0.25) is 10.2 Å². The van der Waals surface area contributed by atoms with Gasteiger partial charge in [0.15, 0.2) is 5.82 Å². The highest BCUT2D eigenvalue weighted by Gasteiger charge is 2.48. The summed E-state index contributed by atoms with van der Waals surface area (Å²) in [5.41, 5.74) is -1.16. The summed E-state index contributed by atoms with van der Waals surface area (Å²) in [5.74, 6) is -4.01. The lowest BCUT2D eigenvalue weighted by Gasteiger charge is -2.44. The summed E-state index contributed by atoms with van der Waals surface area (Å²) >= 11 is 0. The molecule has 1 amide bonds. The summed E-state index contributed by atoms with van der Waals surface area (Å²) < 4.78 is 52.8. The van der Waals surface area contributed by atoms with Gasteiger partial charge in [-0.15, -0.1) is 0 Å². The van der Waals surface area contributed by atoms with Gasteiger partial charge < -0.3 is 19.7 Å². The topological polar surface area (TPSA) is 87.5 Å². The first-order valence-electron chi connectivity index (χ1n) is 9.15. The van der Waals surface area contributed by atoms with Crippen LogP contribution in [0.4, 0.5) is 13.2 Å². The average molecular weight is 422 g/mol. The first-order valence-corrected chi connectivity index (χ1v) is 9.15. The van der Waals surface area contributed by atoms with E-state index in [0.29, 0.717) is 19.1 Å². The van der Waals surface area contributed by atoms with Crippen LogP contribution in [0.5, 0.6) is 11.6 Å². The van der Waals surface area contributed by atoms with Gasteiger partial charge in [0.2, 0.25) is 5.91 Å². The van der Waals surface area contributed by atoms with Gasteiger partial charge in [0.25, 0.3) is 5.88 Å². The number of hydrogen-bond acceptors (Lipinski definition) is 6. The van der Waals surface area contributed by atoms with Crippen molar-refractivity contribution in [2.24, 2.45) is 5.92 Å². The van der Waals surface area contributed by atoms with Crippen LogP contribution >= 0.6 is 0 Å². The molecule has 1 aromatic heterocycles. The zero-order valence-electron chi connectivity index (χ0n) is 16.4. The van der Waals surface area contributed by atoms with E-state index in [1.807, 2.05) is 0 Å². The lowest BCUT2D eigenvalue weighted by Crippen LogP contribution is -2.58. The fraction of sp³-hybridized carbons (Fsp3) is 0.350. The Hall–Kier alpha value is -2.98. The Morgan fingerprint density at radius 1 is 1.37 bits per heavy atom. The standard InChI is InChI=1S/C20H21F3N4O3/c1-25-20(10-29-6-5-14(20)19(28)27(2)11-24)15-8-13(3-4-16(15)22)30-18-17(23)7-12(21)9-26-18/h3-4,7-9,11,14,24-25H,5-6,10H2,1-2H3/t14-,20-/m0/s1. The fourth-order valence-corrected chi connectivity index (χ4v) is 3.57. The van der Waals surface area contributed by atoms with Crippen molar-refractivity contribution >= 4 is 12.2 Å². The SMILES string of the molecule is CN[C@@]1(c2cc(Oc3ncc(F)cc3F)ccc2F)COCC[C@H]1C(=O)N(C)C=N. The molecule has 1 aliphatic rings. The molecule has 0 aliphatic carbocycles. The average Bonchev–Trinajstić information content (AvgIpc) is 2.75. The third-order valence-corrected chi connectivity index (χ3v) is 5.17. The highest BCUT2D eigenvalue weighted by atomic mass is 19.1. The Bertz CT molecular complexity index is 959. The molecule has 30 heavy (non-hydrogen) atoms. The molecule has 1 aliphatic heterocycles. The summed E-state index contributed by atoms with van der Waals surface area (Å²) in [7, 11) is 3.03. The number of likely N-dealkylation sites (N-methyl/N-ethyl adjacent to an activating group) is 1. The van der Waals surface area contributed by atoms with Crippen LogP contribution in [0.3, 0.4) is 0 Å². The summed E-state index contributed by atoms with van der Waals surface area (Å²) in [6.45, 7) is 0.295. The molecule has 1 saturated heterocycles. The summed E-state index contributed by atoms with van der Waals surface area (Å²) in [5, 5.41) is 10.4. The number of aromatic nitrogens is 1. The Morgan fingerprint density at radius 3 is 2.80 bits per heavy atom. The second-order valence-electron chi connectivity index (χ2n) is 6.88. The second kappa shape index (κ2) is 8.80. The van der Waals surface area contributed by atoms with Gasteiger partial charge in [-0.2, -0.15) is 0 Å². The van der Waals surface area contributed by atoms with Crippen molar-refractivity contribution < 1.29 is 27.4 Å². The number of carbonyl (C=O) groups excluding carboxylic acids is 1. The van der Waals surface area contributed by atoms with Gasteiger partial charge in [-0.25, -0.2) is 18.2 Å². The van der Waals surface area contributed by atoms with Crippen molar-refractivity contribution in [3.05, 3.63) is 53.5 Å². The molecular formula is C20H21F3N4O3. The third-order valence-electron chi connectivity index (χ3n) is 5.17. The van der Waals surface area contributed by atoms with Gasteiger partial charge >= 0.3 is 0 Å². The lowest BCUT2D eigenvalue weighted by atomic mass is 9.74. The monoisotopic (exact) mass is 422 g/mol. The first-order chi connectivity index (χ1) is 14.3. The van der Waals surface area contributed by atoms with E-state index in [0.717, 1.165) is 23.5 Å². The summed E-state index contributed by atoms with van der Waals surface area (Å²) in [6.07, 6.45) is 1.99. The van der Waals surface area contributed by atoms with E-state index in [9.17, 15) is 18.0 Å². The smallest absolute Gasteiger partial charge is 0.256 e. The largest absolute Gasteiger partial charge is 0.436 e. The molecule has 2 N–H and O–H groups in total. The molecule has 0 radical (unpaired) electrons. The minimum Gasteiger partial charge on any atom is -0.436 e. The van der Waals surface area contributed by atoms with E-state index >= 15 is 0 Å². The van der Waals surface area contributed by atoms with Crippen LogP contribution < -0.4 is 10.1 Å². The minimum absolute atomic E-state index is 0.00468. The first kappa shape index (κ1) is 21.7. The van der Waals surface area contributed by atoms with Crippen molar-refractivity contribution in [1.82, 2.24) is 15.2 Å². The zero-order valence-corrected chi connectivity index (χ0v) is 16.4. The molecule has 0 saturated carbocycles. The maximum Gasteiger partial charge on any atom is 0.256 e. The van der Waals surface area contributed by atoms with E-state index in [1.165, 1.54) is 19.2 Å². The molecular weight excluding hydrogens is 401 g/mol. The Balaban J connectivity index is 2.03. The van der Waals surface area contributed by atoms with Crippen LogP contribution in [0.2, 0.25) is 0 Å². The maximum absolute atomic E-state index is 14.9. The van der Waals surface area contributed by atoms with Crippen LogP contribution in [0.25, 0.3) is 0 Å². The molecule has 2 atom stereocenters. The van der Waals surface area contributed by atoms with Gasteiger partial charge in [0.05, 0.1) is 30.6 Å². The molecule has 0 spiro atoms. The van der Waals surface area contributed by atoms with Crippen molar-refractivity contribution in [3.63, 3.8) is 0 Å². The van der Waals surface area contributed by atoms with Gasteiger partial charge in [0.1, 0.15) is 17.4 Å². The molecule has 160 valence electrons. The summed E-state index contributed by atoms with van der Waals surface area (Å²) in [4.78, 5) is 17.6. The highest BCUT2D eigenvalue weighted by Crippen LogP contribution is 2.39. The van der Waals surface area contributed by atoms with E-state index in [-0.39, 0.29) is 23.8 Å². The molecule has 0 bridgehead atoms. The number of halogens is 3. The van der Waals surface area contributed by atoms with E-state index < -0.39 is 34.8 Å². The van der Waals surface area contributed by atoms with Crippen LogP contribution in [-0.2, 0) is 15.1 Å². The van der Waals surface area contributed by atoms with Gasteiger partial charge in [0, 0.05) is 25.3 Å². The van der Waals surface area contributed by atoms with E-state index in [1.54, 1.807) is 7.05 Å². The second-order valence-corrected chi connectivity index (χ2v) is 6.88. The molecule has 1 aromatic carbocycles. The fourth-order valence-electron chi connectivity index (χ4n) is 3.57. The molecule has 2 aromatic rings. The molecule has 3 rings (SSSR count). The van der Waals surface area contributed by atoms with Crippen molar-refractivity contribution in [2.75, 3.05) is 27.3 Å². The number of benzene rings is 1. The number of ether oxygens (including phenoxy) is 2. The summed E-state index contributed by atoms with van der Waals surface area (Å²) in [6, 6.07) is 4.35. The maximum atomic E-state index is 14.9. The van der Waals surface area contributed by atoms with Crippen molar-refractivity contribution in [3.8, 4) is 11.6 Å². The van der Waals surface area contributed by atoms with Crippen molar-refractivity contribution in [1.29, 1.82) is 5.41 Å². The predicted octanol–water partition coefficient (Wildman–Crippen LogP) is 2.81. The van der Waals surface area contributed by atoms with Crippen molar-refractivity contribution in [2.45, 2.75) is 12.0 Å². The van der Waals surface area contributed by atoms with E-state index in [4.69, 9.17) is 14.9 Å². The Kier molecular flexibility index (Phi) is 6.37. The Morgan fingerprint density at radius 2 is 2.13 bits per heavy atom.